The minimum absolute atomic E-state index is 0. The number of ether oxygens (including phenoxy) is 2. The van der Waals surface area contributed by atoms with Gasteiger partial charge in [-0.2, -0.15) is 0 Å². The molecule has 4 nitrogen and oxygen atoms in total. The molecular weight excluding hydrogens is 362 g/mol. The molecule has 1 N–H and O–H groups in total. The van der Waals surface area contributed by atoms with Crippen molar-refractivity contribution in [3.63, 3.8) is 0 Å². The Morgan fingerprint density at radius 2 is 1.70 bits per heavy atom. The molecule has 1 aliphatic heterocycles. The number of morpholine rings is 1. The monoisotopic (exact) mass is 391 g/mol. The van der Waals surface area contributed by atoms with E-state index in [4.69, 9.17) is 9.47 Å². The Kier molecular flexibility index (Phi) is 8.11. The minimum Gasteiger partial charge on any atom is -0.497 e. The third-order valence-corrected chi connectivity index (χ3v) is 5.45. The standard InChI is InChI=1S/C22H29NO3.ClH/c1-3-22(24,19-9-11-20(25-2)12-10-19)21(18-7-5-4-6-8-18)17-23-13-15-26-16-14-23;/h4-12,21,24H,3,13-17H2,1-2H3;1H. The summed E-state index contributed by atoms with van der Waals surface area (Å²) in [5.74, 6) is 0.789. The van der Waals surface area contributed by atoms with Crippen molar-refractivity contribution in [2.24, 2.45) is 0 Å². The summed E-state index contributed by atoms with van der Waals surface area (Å²) in [6.45, 7) is 6.20. The van der Waals surface area contributed by atoms with Crippen LogP contribution < -0.4 is 4.74 Å². The summed E-state index contributed by atoms with van der Waals surface area (Å²) in [5, 5.41) is 11.8. The zero-order chi connectivity index (χ0) is 18.4. The molecule has 0 aromatic heterocycles. The van der Waals surface area contributed by atoms with Crippen molar-refractivity contribution >= 4 is 12.4 Å². The van der Waals surface area contributed by atoms with Crippen molar-refractivity contribution in [1.29, 1.82) is 0 Å². The Hall–Kier alpha value is -1.59. The van der Waals surface area contributed by atoms with E-state index in [1.807, 2.05) is 42.5 Å². The van der Waals surface area contributed by atoms with Crippen LogP contribution in [0.4, 0.5) is 0 Å². The fraction of sp³-hybridized carbons (Fsp3) is 0.455. The lowest BCUT2D eigenvalue weighted by atomic mass is 9.75. The lowest BCUT2D eigenvalue weighted by Crippen LogP contribution is -2.44. The molecular formula is C22H30ClNO3. The van der Waals surface area contributed by atoms with Gasteiger partial charge in [-0.25, -0.2) is 0 Å². The first-order valence-corrected chi connectivity index (χ1v) is 9.39. The summed E-state index contributed by atoms with van der Waals surface area (Å²) in [6, 6.07) is 18.2. The molecule has 0 amide bonds. The van der Waals surface area contributed by atoms with Crippen LogP contribution in [0, 0.1) is 0 Å². The highest BCUT2D eigenvalue weighted by atomic mass is 35.5. The Morgan fingerprint density at radius 1 is 1.07 bits per heavy atom. The largest absolute Gasteiger partial charge is 0.497 e. The third kappa shape index (κ3) is 5.02. The Balaban J connectivity index is 0.00000261. The lowest BCUT2D eigenvalue weighted by molar-refractivity contribution is -0.0250. The predicted molar refractivity (Wildman–Crippen MR) is 111 cm³/mol. The zero-order valence-corrected chi connectivity index (χ0v) is 17.0. The van der Waals surface area contributed by atoms with Gasteiger partial charge in [-0.05, 0) is 29.7 Å². The van der Waals surface area contributed by atoms with Crippen molar-refractivity contribution in [3.05, 3.63) is 65.7 Å². The van der Waals surface area contributed by atoms with Crippen LogP contribution in [0.3, 0.4) is 0 Å². The van der Waals surface area contributed by atoms with Gasteiger partial charge in [-0.3, -0.25) is 4.90 Å². The van der Waals surface area contributed by atoms with E-state index in [1.54, 1.807) is 7.11 Å². The summed E-state index contributed by atoms with van der Waals surface area (Å²) in [5.41, 5.74) is 1.16. The maximum absolute atomic E-state index is 11.8. The van der Waals surface area contributed by atoms with Crippen LogP contribution in [-0.4, -0.2) is 50.0 Å². The fourth-order valence-electron chi connectivity index (χ4n) is 3.79. The Morgan fingerprint density at radius 3 is 2.26 bits per heavy atom. The number of nitrogens with zero attached hydrogens (tertiary/aromatic N) is 1. The van der Waals surface area contributed by atoms with Crippen LogP contribution in [0.2, 0.25) is 0 Å². The number of hydrogen-bond donors (Lipinski definition) is 1. The second-order valence-electron chi connectivity index (χ2n) is 6.88. The van der Waals surface area contributed by atoms with Gasteiger partial charge in [0.05, 0.1) is 25.9 Å². The summed E-state index contributed by atoms with van der Waals surface area (Å²) < 4.78 is 10.8. The summed E-state index contributed by atoms with van der Waals surface area (Å²) in [4.78, 5) is 2.39. The smallest absolute Gasteiger partial charge is 0.118 e. The molecule has 5 heteroatoms. The number of halogens is 1. The van der Waals surface area contributed by atoms with Gasteiger partial charge in [0.2, 0.25) is 0 Å². The number of methoxy groups -OCH3 is 1. The molecule has 1 aliphatic rings. The highest BCUT2D eigenvalue weighted by Crippen LogP contribution is 2.41. The van der Waals surface area contributed by atoms with Crippen LogP contribution >= 0.6 is 12.4 Å². The molecule has 0 spiro atoms. The Labute approximate surface area is 168 Å². The van der Waals surface area contributed by atoms with Crippen LogP contribution in [0.1, 0.15) is 30.4 Å². The van der Waals surface area contributed by atoms with E-state index in [-0.39, 0.29) is 18.3 Å². The van der Waals surface area contributed by atoms with Gasteiger partial charge >= 0.3 is 0 Å². The van der Waals surface area contributed by atoms with E-state index >= 15 is 0 Å². The predicted octanol–water partition coefficient (Wildman–Crippen LogP) is 3.83. The van der Waals surface area contributed by atoms with E-state index < -0.39 is 5.60 Å². The van der Waals surface area contributed by atoms with E-state index in [1.165, 1.54) is 5.56 Å². The average Bonchev–Trinajstić information content (AvgIpc) is 2.73. The summed E-state index contributed by atoms with van der Waals surface area (Å²) in [6.07, 6.45) is 0.642. The number of hydrogen-bond acceptors (Lipinski definition) is 4. The molecule has 148 valence electrons. The van der Waals surface area contributed by atoms with Crippen LogP contribution in [0.25, 0.3) is 0 Å². The molecule has 2 atom stereocenters. The molecule has 1 saturated heterocycles. The zero-order valence-electron chi connectivity index (χ0n) is 16.1. The van der Waals surface area contributed by atoms with Crippen molar-refractivity contribution < 1.29 is 14.6 Å². The summed E-state index contributed by atoms with van der Waals surface area (Å²) in [7, 11) is 1.66. The van der Waals surface area contributed by atoms with Crippen molar-refractivity contribution in [2.75, 3.05) is 40.0 Å². The van der Waals surface area contributed by atoms with Crippen molar-refractivity contribution in [1.82, 2.24) is 4.90 Å². The van der Waals surface area contributed by atoms with Gasteiger partial charge < -0.3 is 14.6 Å². The fourth-order valence-corrected chi connectivity index (χ4v) is 3.79. The van der Waals surface area contributed by atoms with Gasteiger partial charge in [-0.1, -0.05) is 49.4 Å². The normalized spacial score (nSPS) is 18.2. The van der Waals surface area contributed by atoms with E-state index in [0.29, 0.717) is 6.42 Å². The first-order valence-electron chi connectivity index (χ1n) is 9.39. The van der Waals surface area contributed by atoms with Gasteiger partial charge in [0.25, 0.3) is 0 Å². The van der Waals surface area contributed by atoms with Gasteiger partial charge in [-0.15, -0.1) is 12.4 Å². The molecule has 0 saturated carbocycles. The van der Waals surface area contributed by atoms with Crippen LogP contribution in [0.15, 0.2) is 54.6 Å². The Bertz CT molecular complexity index is 674. The highest BCUT2D eigenvalue weighted by Gasteiger charge is 2.39. The van der Waals surface area contributed by atoms with E-state index in [2.05, 4.69) is 24.0 Å². The molecule has 27 heavy (non-hydrogen) atoms. The quantitative estimate of drug-likeness (QED) is 0.778. The van der Waals surface area contributed by atoms with E-state index in [9.17, 15) is 5.11 Å². The summed E-state index contributed by atoms with van der Waals surface area (Å²) >= 11 is 0. The molecule has 1 heterocycles. The number of rotatable bonds is 7. The van der Waals surface area contributed by atoms with Crippen molar-refractivity contribution in [3.8, 4) is 5.75 Å². The highest BCUT2D eigenvalue weighted by molar-refractivity contribution is 5.85. The molecule has 0 bridgehead atoms. The SMILES string of the molecule is CCC(O)(c1ccc(OC)cc1)C(CN1CCOCC1)c1ccccc1.Cl. The third-order valence-electron chi connectivity index (χ3n) is 5.45. The van der Waals surface area contributed by atoms with Gasteiger partial charge in [0, 0.05) is 25.6 Å². The first kappa shape index (κ1) is 21.7. The van der Waals surface area contributed by atoms with Gasteiger partial charge in [0.1, 0.15) is 5.75 Å². The molecule has 0 aliphatic carbocycles. The van der Waals surface area contributed by atoms with Crippen LogP contribution in [0.5, 0.6) is 5.75 Å². The van der Waals surface area contributed by atoms with Crippen molar-refractivity contribution in [2.45, 2.75) is 24.9 Å². The maximum atomic E-state index is 11.8. The maximum Gasteiger partial charge on any atom is 0.118 e. The topological polar surface area (TPSA) is 41.9 Å². The minimum atomic E-state index is -0.939. The molecule has 1 fully saturated rings. The second-order valence-corrected chi connectivity index (χ2v) is 6.88. The number of benzene rings is 2. The number of aliphatic hydroxyl groups is 1. The average molecular weight is 392 g/mol. The lowest BCUT2D eigenvalue weighted by Gasteiger charge is -2.40. The molecule has 3 rings (SSSR count). The van der Waals surface area contributed by atoms with E-state index in [0.717, 1.165) is 44.2 Å². The van der Waals surface area contributed by atoms with Crippen LogP contribution in [-0.2, 0) is 10.3 Å². The molecule has 0 radical (unpaired) electrons. The van der Waals surface area contributed by atoms with Gasteiger partial charge in [0.15, 0.2) is 0 Å². The molecule has 2 unspecified atom stereocenters. The first-order chi connectivity index (χ1) is 12.7. The second kappa shape index (κ2) is 10.1. The molecule has 2 aromatic rings. The molecule has 2 aromatic carbocycles.